The lowest BCUT2D eigenvalue weighted by molar-refractivity contribution is 0.319. The zero-order valence-corrected chi connectivity index (χ0v) is 17.2. The van der Waals surface area contributed by atoms with Gasteiger partial charge in [0.25, 0.3) is 0 Å². The van der Waals surface area contributed by atoms with Crippen molar-refractivity contribution in [1.82, 2.24) is 10.2 Å². The molecular weight excluding hydrogens is 386 g/mol. The number of nitrogens with zero attached hydrogens (tertiary/aromatic N) is 2. The number of aliphatic imine (C=N–C) groups is 1. The molecule has 2 aromatic rings. The van der Waals surface area contributed by atoms with Crippen molar-refractivity contribution in [3.05, 3.63) is 59.1 Å². The molecule has 0 radical (unpaired) electrons. The van der Waals surface area contributed by atoms with E-state index in [2.05, 4.69) is 10.3 Å². The molecule has 0 atom stereocenters. The van der Waals surface area contributed by atoms with Gasteiger partial charge in [-0.1, -0.05) is 29.8 Å². The predicted octanol–water partition coefficient (Wildman–Crippen LogP) is 2.83. The lowest BCUT2D eigenvalue weighted by Gasteiger charge is -2.22. The second kappa shape index (κ2) is 9.62. The molecule has 0 aliphatic rings. The topological polar surface area (TPSA) is 71.0 Å². The van der Waals surface area contributed by atoms with Gasteiger partial charge in [-0.25, -0.2) is 8.42 Å². The summed E-state index contributed by atoms with van der Waals surface area (Å²) in [7, 11) is 0.456. The fraction of sp³-hybridized carbons (Fsp3) is 0.316. The largest absolute Gasteiger partial charge is 0.492 e. The van der Waals surface area contributed by atoms with Gasteiger partial charge in [0.2, 0.25) is 0 Å². The number of nitrogens with one attached hydrogen (secondary N) is 1. The summed E-state index contributed by atoms with van der Waals surface area (Å²) < 4.78 is 28.5. The molecule has 0 saturated heterocycles. The van der Waals surface area contributed by atoms with Gasteiger partial charge in [-0.15, -0.1) is 0 Å². The highest BCUT2D eigenvalue weighted by molar-refractivity contribution is 7.90. The fourth-order valence-electron chi connectivity index (χ4n) is 2.46. The molecule has 0 fully saturated rings. The lowest BCUT2D eigenvalue weighted by atomic mass is 10.2. The number of sulfone groups is 1. The van der Waals surface area contributed by atoms with Crippen molar-refractivity contribution in [2.24, 2.45) is 4.99 Å². The van der Waals surface area contributed by atoms with E-state index in [1.807, 2.05) is 36.2 Å². The minimum atomic E-state index is -3.20. The molecule has 2 aromatic carbocycles. The number of hydrogen-bond donors (Lipinski definition) is 1. The number of guanidine groups is 1. The van der Waals surface area contributed by atoms with Gasteiger partial charge in [-0.05, 0) is 35.9 Å². The van der Waals surface area contributed by atoms with Crippen molar-refractivity contribution in [1.29, 1.82) is 0 Å². The summed E-state index contributed by atoms with van der Waals surface area (Å²) in [6.07, 6.45) is 1.18. The summed E-state index contributed by atoms with van der Waals surface area (Å²) in [5.41, 5.74) is 1.02. The third-order valence-corrected chi connectivity index (χ3v) is 5.34. The predicted molar refractivity (Wildman–Crippen MR) is 109 cm³/mol. The van der Waals surface area contributed by atoms with Crippen molar-refractivity contribution in [2.75, 3.05) is 33.5 Å². The van der Waals surface area contributed by atoms with Crippen LogP contribution in [-0.4, -0.2) is 52.8 Å². The zero-order chi connectivity index (χ0) is 19.9. The van der Waals surface area contributed by atoms with E-state index in [1.165, 1.54) is 18.4 Å². The van der Waals surface area contributed by atoms with Crippen LogP contribution in [0.1, 0.15) is 5.56 Å². The summed E-state index contributed by atoms with van der Waals surface area (Å²) in [5.74, 6) is 1.34. The highest BCUT2D eigenvalue weighted by Gasteiger charge is 2.09. The molecule has 6 nitrogen and oxygen atoms in total. The van der Waals surface area contributed by atoms with E-state index in [0.29, 0.717) is 25.4 Å². The summed E-state index contributed by atoms with van der Waals surface area (Å²) in [4.78, 5) is 6.51. The van der Waals surface area contributed by atoms with E-state index < -0.39 is 9.84 Å². The Morgan fingerprint density at radius 3 is 2.44 bits per heavy atom. The maximum atomic E-state index is 11.5. The highest BCUT2D eigenvalue weighted by atomic mass is 35.5. The van der Waals surface area contributed by atoms with Crippen LogP contribution in [0.5, 0.6) is 5.75 Å². The van der Waals surface area contributed by atoms with Gasteiger partial charge in [-0.2, -0.15) is 0 Å². The van der Waals surface area contributed by atoms with Crippen LogP contribution in [0.2, 0.25) is 5.02 Å². The maximum Gasteiger partial charge on any atom is 0.193 e. The highest BCUT2D eigenvalue weighted by Crippen LogP contribution is 2.17. The molecule has 0 aromatic heterocycles. The fourth-order valence-corrected chi connectivity index (χ4v) is 3.28. The van der Waals surface area contributed by atoms with E-state index in [9.17, 15) is 8.42 Å². The standard InChI is InChI=1S/C19H24ClN3O3S/c1-21-19(23(2)14-15-6-4-5-7-18(15)20)22-12-13-26-16-8-10-17(11-9-16)27(3,24)25/h4-11H,12-14H2,1-3H3,(H,21,22). The lowest BCUT2D eigenvalue weighted by Crippen LogP contribution is -2.40. The van der Waals surface area contributed by atoms with Crippen molar-refractivity contribution in [3.63, 3.8) is 0 Å². The quantitative estimate of drug-likeness (QED) is 0.432. The van der Waals surface area contributed by atoms with Crippen molar-refractivity contribution in [2.45, 2.75) is 11.4 Å². The SMILES string of the molecule is CN=C(NCCOc1ccc(S(C)(=O)=O)cc1)N(C)Cc1ccccc1Cl. The third kappa shape index (κ3) is 6.45. The number of halogens is 1. The monoisotopic (exact) mass is 409 g/mol. The average molecular weight is 410 g/mol. The van der Waals surface area contributed by atoms with Crippen LogP contribution in [0.25, 0.3) is 0 Å². The first kappa shape index (κ1) is 21.1. The Morgan fingerprint density at radius 2 is 1.85 bits per heavy atom. The van der Waals surface area contributed by atoms with Crippen molar-refractivity contribution in [3.8, 4) is 5.75 Å². The Hall–Kier alpha value is -2.25. The Balaban J connectivity index is 1.81. The molecule has 0 aliphatic heterocycles. The Labute approximate surface area is 165 Å². The second-order valence-electron chi connectivity index (χ2n) is 6.01. The first-order chi connectivity index (χ1) is 12.8. The van der Waals surface area contributed by atoms with Crippen LogP contribution < -0.4 is 10.1 Å². The maximum absolute atomic E-state index is 11.5. The Bertz CT molecular complexity index is 883. The molecule has 146 valence electrons. The smallest absolute Gasteiger partial charge is 0.193 e. The zero-order valence-electron chi connectivity index (χ0n) is 15.6. The number of benzene rings is 2. The van der Waals surface area contributed by atoms with Crippen LogP contribution in [-0.2, 0) is 16.4 Å². The van der Waals surface area contributed by atoms with Gasteiger partial charge >= 0.3 is 0 Å². The molecule has 0 bridgehead atoms. The molecule has 0 amide bonds. The van der Waals surface area contributed by atoms with E-state index in [0.717, 1.165) is 16.5 Å². The van der Waals surface area contributed by atoms with E-state index in [-0.39, 0.29) is 4.90 Å². The minimum absolute atomic E-state index is 0.273. The molecule has 0 spiro atoms. The van der Waals surface area contributed by atoms with Gasteiger partial charge in [0.15, 0.2) is 15.8 Å². The van der Waals surface area contributed by atoms with Gasteiger partial charge in [0.1, 0.15) is 12.4 Å². The van der Waals surface area contributed by atoms with Crippen LogP contribution >= 0.6 is 11.6 Å². The van der Waals surface area contributed by atoms with Crippen molar-refractivity contribution >= 4 is 27.4 Å². The number of hydrogen-bond acceptors (Lipinski definition) is 4. The van der Waals surface area contributed by atoms with E-state index >= 15 is 0 Å². The van der Waals surface area contributed by atoms with Gasteiger partial charge in [-0.3, -0.25) is 4.99 Å². The third-order valence-electron chi connectivity index (χ3n) is 3.84. The Kier molecular flexibility index (Phi) is 7.50. The van der Waals surface area contributed by atoms with Gasteiger partial charge in [0.05, 0.1) is 11.4 Å². The molecule has 1 N–H and O–H groups in total. The first-order valence-corrected chi connectivity index (χ1v) is 10.7. The molecule has 0 saturated carbocycles. The van der Waals surface area contributed by atoms with Crippen LogP contribution in [0, 0.1) is 0 Å². The average Bonchev–Trinajstić information content (AvgIpc) is 2.63. The minimum Gasteiger partial charge on any atom is -0.492 e. The molecule has 8 heteroatoms. The number of rotatable bonds is 7. The van der Waals surface area contributed by atoms with Crippen LogP contribution in [0.3, 0.4) is 0 Å². The van der Waals surface area contributed by atoms with Crippen LogP contribution in [0.4, 0.5) is 0 Å². The summed E-state index contributed by atoms with van der Waals surface area (Å²) >= 11 is 6.21. The normalized spacial score (nSPS) is 11.9. The first-order valence-electron chi connectivity index (χ1n) is 8.39. The van der Waals surface area contributed by atoms with E-state index in [4.69, 9.17) is 16.3 Å². The Morgan fingerprint density at radius 1 is 1.19 bits per heavy atom. The summed E-state index contributed by atoms with van der Waals surface area (Å²) in [6, 6.07) is 14.1. The molecule has 27 heavy (non-hydrogen) atoms. The van der Waals surface area contributed by atoms with Crippen molar-refractivity contribution < 1.29 is 13.2 Å². The molecule has 0 heterocycles. The molecule has 0 aliphatic carbocycles. The number of ether oxygens (including phenoxy) is 1. The molecular formula is C19H24ClN3O3S. The summed E-state index contributed by atoms with van der Waals surface area (Å²) in [6.45, 7) is 1.59. The van der Waals surface area contributed by atoms with Gasteiger partial charge < -0.3 is 15.0 Å². The summed E-state index contributed by atoms with van der Waals surface area (Å²) in [5, 5.41) is 3.95. The molecule has 2 rings (SSSR count). The van der Waals surface area contributed by atoms with Crippen LogP contribution in [0.15, 0.2) is 58.4 Å². The van der Waals surface area contributed by atoms with Gasteiger partial charge in [0, 0.05) is 31.9 Å². The van der Waals surface area contributed by atoms with E-state index in [1.54, 1.807) is 19.2 Å². The molecule has 0 unspecified atom stereocenters. The second-order valence-corrected chi connectivity index (χ2v) is 8.44.